The van der Waals surface area contributed by atoms with Gasteiger partial charge in [-0.05, 0) is 38.3 Å². The molecule has 0 radical (unpaired) electrons. The molecule has 0 unspecified atom stereocenters. The molecule has 1 aromatic rings. The minimum Gasteiger partial charge on any atom is -0.480 e. The number of furan rings is 1. The minimum atomic E-state index is -1.08. The van der Waals surface area contributed by atoms with Gasteiger partial charge in [-0.2, -0.15) is 0 Å². The van der Waals surface area contributed by atoms with Crippen LogP contribution in [0.3, 0.4) is 0 Å². The summed E-state index contributed by atoms with van der Waals surface area (Å²) in [4.78, 5) is 24.9. The van der Waals surface area contributed by atoms with Crippen molar-refractivity contribution in [3.8, 4) is 0 Å². The molecule has 0 bridgehead atoms. The molecule has 6 heteroatoms. The van der Waals surface area contributed by atoms with E-state index >= 15 is 0 Å². The molecule has 104 valence electrons. The highest BCUT2D eigenvalue weighted by Gasteiger charge is 2.46. The zero-order valence-corrected chi connectivity index (χ0v) is 10.9. The predicted octanol–water partition coefficient (Wildman–Crippen LogP) is 1.82. The van der Waals surface area contributed by atoms with Gasteiger partial charge in [0.15, 0.2) is 0 Å². The third-order valence-corrected chi connectivity index (χ3v) is 3.56. The van der Waals surface area contributed by atoms with Crippen LogP contribution in [-0.2, 0) is 11.3 Å². The number of hydrogen-bond donors (Lipinski definition) is 2. The molecule has 1 aliphatic carbocycles. The number of hydrogen-bond acceptors (Lipinski definition) is 3. The van der Waals surface area contributed by atoms with Crippen LogP contribution in [0.5, 0.6) is 0 Å². The van der Waals surface area contributed by atoms with E-state index in [1.54, 1.807) is 18.4 Å². The van der Waals surface area contributed by atoms with Crippen molar-refractivity contribution in [3.05, 3.63) is 24.2 Å². The van der Waals surface area contributed by atoms with Crippen molar-refractivity contribution in [2.45, 2.75) is 38.3 Å². The van der Waals surface area contributed by atoms with E-state index in [0.717, 1.165) is 6.42 Å². The molecule has 1 saturated carbocycles. The Balaban J connectivity index is 1.99. The van der Waals surface area contributed by atoms with Crippen molar-refractivity contribution in [1.82, 2.24) is 10.2 Å². The summed E-state index contributed by atoms with van der Waals surface area (Å²) in [5.41, 5.74) is -1.08. The van der Waals surface area contributed by atoms with Crippen molar-refractivity contribution >= 4 is 12.0 Å². The number of nitrogens with zero attached hydrogens (tertiary/aromatic N) is 1. The van der Waals surface area contributed by atoms with Crippen molar-refractivity contribution in [1.29, 1.82) is 0 Å². The summed E-state index contributed by atoms with van der Waals surface area (Å²) in [6.45, 7) is 2.67. The molecule has 2 N–H and O–H groups in total. The number of nitrogens with one attached hydrogen (secondary N) is 1. The molecule has 6 nitrogen and oxygen atoms in total. The van der Waals surface area contributed by atoms with E-state index in [1.165, 1.54) is 4.90 Å². The van der Waals surface area contributed by atoms with E-state index in [1.807, 2.05) is 6.92 Å². The lowest BCUT2D eigenvalue weighted by Crippen LogP contribution is -2.61. The summed E-state index contributed by atoms with van der Waals surface area (Å²) < 4.78 is 5.20. The van der Waals surface area contributed by atoms with E-state index < -0.39 is 11.5 Å². The second-order valence-corrected chi connectivity index (χ2v) is 4.76. The smallest absolute Gasteiger partial charge is 0.329 e. The molecule has 2 amide bonds. The van der Waals surface area contributed by atoms with Crippen LogP contribution in [0, 0.1) is 0 Å². The lowest BCUT2D eigenvalue weighted by Gasteiger charge is -2.39. The number of carboxylic acids is 1. The molecule has 0 spiro atoms. The van der Waals surface area contributed by atoms with Gasteiger partial charge in [-0.15, -0.1) is 0 Å². The van der Waals surface area contributed by atoms with Crippen LogP contribution in [-0.4, -0.2) is 34.1 Å². The van der Waals surface area contributed by atoms with Gasteiger partial charge in [-0.25, -0.2) is 9.59 Å². The number of amides is 2. The molecule has 2 rings (SSSR count). The van der Waals surface area contributed by atoms with Crippen LogP contribution in [0.25, 0.3) is 0 Å². The first-order valence-corrected chi connectivity index (χ1v) is 6.40. The van der Waals surface area contributed by atoms with Crippen molar-refractivity contribution in [3.63, 3.8) is 0 Å². The zero-order valence-electron chi connectivity index (χ0n) is 10.9. The number of carbonyl (C=O) groups is 2. The van der Waals surface area contributed by atoms with E-state index in [-0.39, 0.29) is 6.03 Å². The summed E-state index contributed by atoms with van der Waals surface area (Å²) in [5.74, 6) is -0.281. The quantitative estimate of drug-likeness (QED) is 0.851. The normalized spacial score (nSPS) is 16.5. The van der Waals surface area contributed by atoms with Gasteiger partial charge >= 0.3 is 12.0 Å². The number of urea groups is 1. The van der Waals surface area contributed by atoms with Gasteiger partial charge in [0.2, 0.25) is 0 Å². The Hall–Kier alpha value is -1.98. The van der Waals surface area contributed by atoms with Crippen LogP contribution in [0.2, 0.25) is 0 Å². The summed E-state index contributed by atoms with van der Waals surface area (Å²) >= 11 is 0. The maximum Gasteiger partial charge on any atom is 0.329 e. The van der Waals surface area contributed by atoms with Gasteiger partial charge in [0, 0.05) is 6.54 Å². The van der Waals surface area contributed by atoms with Crippen LogP contribution in [0.1, 0.15) is 31.9 Å². The van der Waals surface area contributed by atoms with Crippen LogP contribution in [0.4, 0.5) is 4.79 Å². The molecule has 0 atom stereocenters. The summed E-state index contributed by atoms with van der Waals surface area (Å²) in [7, 11) is 0. The van der Waals surface area contributed by atoms with E-state index in [0.29, 0.717) is 31.7 Å². The second-order valence-electron chi connectivity index (χ2n) is 4.76. The summed E-state index contributed by atoms with van der Waals surface area (Å²) in [6, 6.07) is 3.18. The van der Waals surface area contributed by atoms with Crippen molar-refractivity contribution in [2.24, 2.45) is 0 Å². The second kappa shape index (κ2) is 5.34. The largest absolute Gasteiger partial charge is 0.480 e. The highest BCUT2D eigenvalue weighted by Crippen LogP contribution is 2.32. The fourth-order valence-corrected chi connectivity index (χ4v) is 2.12. The number of aliphatic carboxylic acids is 1. The Morgan fingerprint density at radius 3 is 2.68 bits per heavy atom. The molecule has 1 fully saturated rings. The average Bonchev–Trinajstić information content (AvgIpc) is 2.82. The highest BCUT2D eigenvalue weighted by molar-refractivity contribution is 5.87. The molecule has 19 heavy (non-hydrogen) atoms. The van der Waals surface area contributed by atoms with Crippen LogP contribution >= 0.6 is 0 Å². The van der Waals surface area contributed by atoms with Crippen molar-refractivity contribution in [2.75, 3.05) is 6.54 Å². The molecular formula is C13H18N2O4. The highest BCUT2D eigenvalue weighted by atomic mass is 16.4. The van der Waals surface area contributed by atoms with E-state index in [9.17, 15) is 14.7 Å². The maximum absolute atomic E-state index is 12.1. The number of carbonyl (C=O) groups excluding carboxylic acids is 1. The Bertz CT molecular complexity index is 451. The maximum atomic E-state index is 12.1. The predicted molar refractivity (Wildman–Crippen MR) is 67.5 cm³/mol. The third kappa shape index (κ3) is 2.72. The van der Waals surface area contributed by atoms with Gasteiger partial charge in [0.25, 0.3) is 0 Å². The van der Waals surface area contributed by atoms with E-state index in [2.05, 4.69) is 5.32 Å². The Morgan fingerprint density at radius 2 is 2.26 bits per heavy atom. The molecule has 0 aromatic carbocycles. The van der Waals surface area contributed by atoms with Gasteiger partial charge in [0.05, 0.1) is 12.8 Å². The summed E-state index contributed by atoms with van der Waals surface area (Å²) in [6.07, 6.45) is 3.36. The average molecular weight is 266 g/mol. The molecule has 1 aromatic heterocycles. The molecule has 1 heterocycles. The summed E-state index contributed by atoms with van der Waals surface area (Å²) in [5, 5.41) is 11.8. The lowest BCUT2D eigenvalue weighted by atomic mass is 9.77. The van der Waals surface area contributed by atoms with Gasteiger partial charge in [-0.1, -0.05) is 0 Å². The van der Waals surface area contributed by atoms with Crippen molar-refractivity contribution < 1.29 is 19.1 Å². The SMILES string of the molecule is CCN(Cc1ccco1)C(=O)NC1(C(=O)O)CCC1. The van der Waals surface area contributed by atoms with Gasteiger partial charge < -0.3 is 19.7 Å². The lowest BCUT2D eigenvalue weighted by molar-refractivity contribution is -0.148. The van der Waals surface area contributed by atoms with E-state index in [4.69, 9.17) is 4.42 Å². The Labute approximate surface area is 111 Å². The first kappa shape index (κ1) is 13.5. The number of carboxylic acid groups (broad SMARTS) is 1. The molecule has 0 aliphatic heterocycles. The Morgan fingerprint density at radius 1 is 1.53 bits per heavy atom. The molecule has 1 aliphatic rings. The zero-order chi connectivity index (χ0) is 13.9. The third-order valence-electron chi connectivity index (χ3n) is 3.56. The fraction of sp³-hybridized carbons (Fsp3) is 0.538. The number of rotatable bonds is 5. The Kier molecular flexibility index (Phi) is 3.78. The van der Waals surface area contributed by atoms with Gasteiger partial charge in [0.1, 0.15) is 11.3 Å². The monoisotopic (exact) mass is 266 g/mol. The molecule has 0 saturated heterocycles. The first-order chi connectivity index (χ1) is 9.07. The standard InChI is InChI=1S/C13H18N2O4/c1-2-15(9-10-5-3-8-19-10)12(18)14-13(11(16)17)6-4-7-13/h3,5,8H,2,4,6-7,9H2,1H3,(H,14,18)(H,16,17). The minimum absolute atomic E-state index is 0.338. The molecular weight excluding hydrogens is 248 g/mol. The van der Waals surface area contributed by atoms with Crippen LogP contribution in [0.15, 0.2) is 22.8 Å². The first-order valence-electron chi connectivity index (χ1n) is 6.40. The fourth-order valence-electron chi connectivity index (χ4n) is 2.12. The van der Waals surface area contributed by atoms with Gasteiger partial charge in [-0.3, -0.25) is 0 Å². The van der Waals surface area contributed by atoms with Crippen LogP contribution < -0.4 is 5.32 Å². The topological polar surface area (TPSA) is 82.8 Å².